The second-order valence-corrected chi connectivity index (χ2v) is 7.43. The standard InChI is InChI=1S/C21H14Cl2N2OS/c22-15-6-9-17(10-7-15)26-20-11-8-16(12-18(20)23)24-21-25-19(13-27-21)14-4-2-1-3-5-14/h1-13H,(H,24,25). The van der Waals surface area contributed by atoms with E-state index in [0.29, 0.717) is 21.5 Å². The van der Waals surface area contributed by atoms with Crippen molar-refractivity contribution < 1.29 is 4.74 Å². The predicted molar refractivity (Wildman–Crippen MR) is 114 cm³/mol. The Morgan fingerprint density at radius 3 is 2.41 bits per heavy atom. The third-order valence-corrected chi connectivity index (χ3v) is 5.10. The van der Waals surface area contributed by atoms with Gasteiger partial charge >= 0.3 is 0 Å². The minimum Gasteiger partial charge on any atom is -0.456 e. The maximum atomic E-state index is 6.37. The highest BCUT2D eigenvalue weighted by molar-refractivity contribution is 7.14. The SMILES string of the molecule is Clc1ccc(Oc2ccc(Nc3nc(-c4ccccc4)cs3)cc2Cl)cc1. The summed E-state index contributed by atoms with van der Waals surface area (Å²) in [7, 11) is 0. The molecule has 0 aliphatic rings. The maximum absolute atomic E-state index is 6.37. The van der Waals surface area contributed by atoms with E-state index < -0.39 is 0 Å². The molecule has 0 aliphatic heterocycles. The number of hydrogen-bond acceptors (Lipinski definition) is 4. The summed E-state index contributed by atoms with van der Waals surface area (Å²) in [6.45, 7) is 0. The summed E-state index contributed by atoms with van der Waals surface area (Å²) in [6, 6.07) is 22.8. The van der Waals surface area contributed by atoms with Gasteiger partial charge in [-0.05, 0) is 42.5 Å². The maximum Gasteiger partial charge on any atom is 0.187 e. The van der Waals surface area contributed by atoms with Crippen LogP contribution in [0, 0.1) is 0 Å². The lowest BCUT2D eigenvalue weighted by Crippen LogP contribution is -1.91. The summed E-state index contributed by atoms with van der Waals surface area (Å²) in [5.74, 6) is 1.25. The van der Waals surface area contributed by atoms with Gasteiger partial charge in [0.05, 0.1) is 10.7 Å². The second kappa shape index (κ2) is 8.01. The molecule has 134 valence electrons. The number of halogens is 2. The lowest BCUT2D eigenvalue weighted by Gasteiger charge is -2.09. The highest BCUT2D eigenvalue weighted by Crippen LogP contribution is 2.34. The van der Waals surface area contributed by atoms with Crippen LogP contribution < -0.4 is 10.1 Å². The number of nitrogens with zero attached hydrogens (tertiary/aromatic N) is 1. The highest BCUT2D eigenvalue weighted by Gasteiger charge is 2.08. The lowest BCUT2D eigenvalue weighted by atomic mass is 10.2. The Morgan fingerprint density at radius 2 is 1.67 bits per heavy atom. The summed E-state index contributed by atoms with van der Waals surface area (Å²) in [5.41, 5.74) is 2.88. The average molecular weight is 413 g/mol. The number of thiazole rings is 1. The zero-order valence-electron chi connectivity index (χ0n) is 14.0. The average Bonchev–Trinajstić information content (AvgIpc) is 3.15. The molecule has 3 nitrogen and oxygen atoms in total. The number of anilines is 2. The first kappa shape index (κ1) is 17.9. The lowest BCUT2D eigenvalue weighted by molar-refractivity contribution is 0.483. The van der Waals surface area contributed by atoms with Gasteiger partial charge in [0.1, 0.15) is 11.5 Å². The van der Waals surface area contributed by atoms with Crippen LogP contribution in [0.3, 0.4) is 0 Å². The molecule has 0 radical (unpaired) electrons. The third-order valence-electron chi connectivity index (χ3n) is 3.80. The van der Waals surface area contributed by atoms with E-state index in [4.69, 9.17) is 27.9 Å². The van der Waals surface area contributed by atoms with Crippen LogP contribution in [0.5, 0.6) is 11.5 Å². The first-order valence-corrected chi connectivity index (χ1v) is 9.82. The molecule has 6 heteroatoms. The van der Waals surface area contributed by atoms with Crippen LogP contribution in [-0.2, 0) is 0 Å². The van der Waals surface area contributed by atoms with Crippen molar-refractivity contribution in [3.05, 3.63) is 88.2 Å². The van der Waals surface area contributed by atoms with E-state index in [-0.39, 0.29) is 0 Å². The Balaban J connectivity index is 1.48. The van der Waals surface area contributed by atoms with Crippen molar-refractivity contribution in [2.45, 2.75) is 0 Å². The van der Waals surface area contributed by atoms with Crippen LogP contribution >= 0.6 is 34.5 Å². The molecule has 0 unspecified atom stereocenters. The van der Waals surface area contributed by atoms with Crippen LogP contribution in [0.2, 0.25) is 10.0 Å². The zero-order valence-corrected chi connectivity index (χ0v) is 16.4. The Labute approximate surface area is 171 Å². The van der Waals surface area contributed by atoms with E-state index in [2.05, 4.69) is 10.3 Å². The molecule has 27 heavy (non-hydrogen) atoms. The van der Waals surface area contributed by atoms with E-state index in [1.54, 1.807) is 35.6 Å². The number of nitrogens with one attached hydrogen (secondary N) is 1. The molecule has 0 amide bonds. The van der Waals surface area contributed by atoms with Crippen LogP contribution in [0.15, 0.2) is 78.2 Å². The van der Waals surface area contributed by atoms with Crippen molar-refractivity contribution in [1.29, 1.82) is 0 Å². The summed E-state index contributed by atoms with van der Waals surface area (Å²) in [6.07, 6.45) is 0. The molecule has 1 heterocycles. The Bertz CT molecular complexity index is 1050. The summed E-state index contributed by atoms with van der Waals surface area (Å²) in [5, 5.41) is 7.28. The molecule has 0 fully saturated rings. The molecule has 3 aromatic carbocycles. The van der Waals surface area contributed by atoms with E-state index in [1.165, 1.54) is 0 Å². The fraction of sp³-hybridized carbons (Fsp3) is 0. The van der Waals surface area contributed by atoms with E-state index in [0.717, 1.165) is 22.1 Å². The second-order valence-electron chi connectivity index (χ2n) is 5.73. The first-order chi connectivity index (χ1) is 13.2. The molecule has 0 aliphatic carbocycles. The molecule has 1 aromatic heterocycles. The number of aromatic nitrogens is 1. The quantitative estimate of drug-likeness (QED) is 0.365. The molecule has 4 aromatic rings. The molecule has 0 saturated heterocycles. The first-order valence-electron chi connectivity index (χ1n) is 8.18. The van der Waals surface area contributed by atoms with Crippen LogP contribution in [0.1, 0.15) is 0 Å². The molecule has 0 atom stereocenters. The van der Waals surface area contributed by atoms with Gasteiger partial charge in [0.2, 0.25) is 0 Å². The minimum atomic E-state index is 0.509. The summed E-state index contributed by atoms with van der Waals surface area (Å²) < 4.78 is 5.80. The number of ether oxygens (including phenoxy) is 1. The normalized spacial score (nSPS) is 10.6. The minimum absolute atomic E-state index is 0.509. The van der Waals surface area contributed by atoms with E-state index in [1.807, 2.05) is 53.9 Å². The van der Waals surface area contributed by atoms with Crippen molar-refractivity contribution in [3.63, 3.8) is 0 Å². The van der Waals surface area contributed by atoms with Gasteiger partial charge in [-0.15, -0.1) is 11.3 Å². The van der Waals surface area contributed by atoms with Gasteiger partial charge in [0, 0.05) is 21.7 Å². The molecular weight excluding hydrogens is 399 g/mol. The van der Waals surface area contributed by atoms with Crippen molar-refractivity contribution >= 4 is 45.4 Å². The Kier molecular flexibility index (Phi) is 5.30. The van der Waals surface area contributed by atoms with E-state index in [9.17, 15) is 0 Å². The zero-order chi connectivity index (χ0) is 18.6. The number of benzene rings is 3. The van der Waals surface area contributed by atoms with Crippen molar-refractivity contribution in [2.24, 2.45) is 0 Å². The van der Waals surface area contributed by atoms with Gasteiger partial charge in [-0.3, -0.25) is 0 Å². The number of hydrogen-bond donors (Lipinski definition) is 1. The smallest absolute Gasteiger partial charge is 0.187 e. The van der Waals surface area contributed by atoms with Crippen LogP contribution in [-0.4, -0.2) is 4.98 Å². The highest BCUT2D eigenvalue weighted by atomic mass is 35.5. The van der Waals surface area contributed by atoms with Crippen molar-refractivity contribution in [2.75, 3.05) is 5.32 Å². The van der Waals surface area contributed by atoms with Gasteiger partial charge in [0.25, 0.3) is 0 Å². The van der Waals surface area contributed by atoms with Gasteiger partial charge in [-0.2, -0.15) is 0 Å². The predicted octanol–water partition coefficient (Wildman–Crippen LogP) is 7.65. The molecular formula is C21H14Cl2N2OS. The topological polar surface area (TPSA) is 34.1 Å². The summed E-state index contributed by atoms with van der Waals surface area (Å²) in [4.78, 5) is 4.62. The Morgan fingerprint density at radius 1 is 0.889 bits per heavy atom. The van der Waals surface area contributed by atoms with Gasteiger partial charge < -0.3 is 10.1 Å². The summed E-state index contributed by atoms with van der Waals surface area (Å²) >= 11 is 13.8. The van der Waals surface area contributed by atoms with Crippen molar-refractivity contribution in [1.82, 2.24) is 4.98 Å². The van der Waals surface area contributed by atoms with Gasteiger partial charge in [0.15, 0.2) is 5.13 Å². The molecule has 0 spiro atoms. The molecule has 4 rings (SSSR count). The fourth-order valence-corrected chi connectivity index (χ4v) is 3.57. The van der Waals surface area contributed by atoms with Gasteiger partial charge in [-0.1, -0.05) is 53.5 Å². The van der Waals surface area contributed by atoms with Gasteiger partial charge in [-0.25, -0.2) is 4.98 Å². The van der Waals surface area contributed by atoms with Crippen LogP contribution in [0.4, 0.5) is 10.8 Å². The third kappa shape index (κ3) is 4.42. The molecule has 0 saturated carbocycles. The van der Waals surface area contributed by atoms with E-state index >= 15 is 0 Å². The largest absolute Gasteiger partial charge is 0.456 e. The molecule has 1 N–H and O–H groups in total. The van der Waals surface area contributed by atoms with Crippen LogP contribution in [0.25, 0.3) is 11.3 Å². The van der Waals surface area contributed by atoms with Crippen molar-refractivity contribution in [3.8, 4) is 22.8 Å². The number of rotatable bonds is 5. The monoisotopic (exact) mass is 412 g/mol. The fourth-order valence-electron chi connectivity index (χ4n) is 2.49. The molecule has 0 bridgehead atoms. The Hall–Kier alpha value is -2.53.